The van der Waals surface area contributed by atoms with Gasteiger partial charge in [0.05, 0.1) is 5.57 Å². The van der Waals surface area contributed by atoms with Crippen LogP contribution in [0.25, 0.3) is 0 Å². The minimum Gasteiger partial charge on any atom is -0.289 e. The molecule has 1 aliphatic heterocycles. The summed E-state index contributed by atoms with van der Waals surface area (Å²) in [5.74, 6) is 2.51. The number of hydrogen-bond donors (Lipinski definition) is 0. The normalized spacial score (nSPS) is 28.6. The molecule has 1 unspecified atom stereocenters. The number of carbonyl (C=O) groups is 1. The Morgan fingerprint density at radius 1 is 1.14 bits per heavy atom. The topological polar surface area (TPSA) is 17.1 Å². The van der Waals surface area contributed by atoms with Gasteiger partial charge in [-0.25, -0.2) is 0 Å². The number of allylic oxidation sites excluding steroid dienone is 2. The van der Waals surface area contributed by atoms with Crippen LogP contribution in [0.5, 0.6) is 0 Å². The number of ketones is 1. The molecule has 2 aliphatic rings. The summed E-state index contributed by atoms with van der Waals surface area (Å²) in [4.78, 5) is 13.4. The summed E-state index contributed by atoms with van der Waals surface area (Å²) < 4.78 is 0. The highest BCUT2D eigenvalue weighted by Gasteiger charge is 2.39. The van der Waals surface area contributed by atoms with Crippen LogP contribution in [0.3, 0.4) is 0 Å². The van der Waals surface area contributed by atoms with E-state index in [0.717, 1.165) is 12.2 Å². The Morgan fingerprint density at radius 2 is 1.86 bits per heavy atom. The van der Waals surface area contributed by atoms with Gasteiger partial charge < -0.3 is 0 Å². The molecule has 0 aromatic heterocycles. The standard InChI is InChI=1S/C12H19OS/c1-2-14-9-11(13)10-7-5-3-4-6-8-12(10)14/h2-9H2,1H3/q+1. The molecule has 0 spiro atoms. The van der Waals surface area contributed by atoms with Crippen LogP contribution in [-0.4, -0.2) is 17.3 Å². The first kappa shape index (κ1) is 10.3. The molecule has 0 radical (unpaired) electrons. The molecule has 0 saturated carbocycles. The van der Waals surface area contributed by atoms with Crippen LogP contribution in [0, 0.1) is 0 Å². The van der Waals surface area contributed by atoms with Gasteiger partial charge in [-0.3, -0.25) is 4.79 Å². The predicted octanol–water partition coefficient (Wildman–Crippen LogP) is 2.82. The summed E-state index contributed by atoms with van der Waals surface area (Å²) in [6.45, 7) is 2.23. The van der Waals surface area contributed by atoms with Crippen molar-refractivity contribution in [3.05, 3.63) is 10.5 Å². The average molecular weight is 211 g/mol. The summed E-state index contributed by atoms with van der Waals surface area (Å²) >= 11 is 0. The van der Waals surface area contributed by atoms with Crippen LogP contribution in [0.1, 0.15) is 45.4 Å². The lowest BCUT2D eigenvalue weighted by Gasteiger charge is -2.08. The lowest BCUT2D eigenvalue weighted by Crippen LogP contribution is -2.10. The monoisotopic (exact) mass is 211 g/mol. The van der Waals surface area contributed by atoms with E-state index >= 15 is 0 Å². The largest absolute Gasteiger partial charge is 0.289 e. The summed E-state index contributed by atoms with van der Waals surface area (Å²) in [6, 6.07) is 0. The van der Waals surface area contributed by atoms with Gasteiger partial charge >= 0.3 is 0 Å². The van der Waals surface area contributed by atoms with E-state index in [9.17, 15) is 4.79 Å². The molecular weight excluding hydrogens is 192 g/mol. The molecule has 2 heteroatoms. The second-order valence-corrected chi connectivity index (χ2v) is 6.51. The molecule has 0 fully saturated rings. The maximum atomic E-state index is 11.8. The molecule has 1 nitrogen and oxygen atoms in total. The Labute approximate surface area is 89.3 Å². The van der Waals surface area contributed by atoms with E-state index in [1.165, 1.54) is 43.4 Å². The molecule has 1 aliphatic carbocycles. The molecule has 0 amide bonds. The molecule has 0 aromatic rings. The van der Waals surface area contributed by atoms with Crippen LogP contribution in [0.2, 0.25) is 0 Å². The zero-order valence-electron chi connectivity index (χ0n) is 8.97. The number of Topliss-reactive ketones (excluding diaryl/α,β-unsaturated/α-hetero) is 1. The second kappa shape index (κ2) is 4.52. The van der Waals surface area contributed by atoms with Crippen molar-refractivity contribution in [2.45, 2.75) is 45.4 Å². The van der Waals surface area contributed by atoms with Crippen LogP contribution in [0.15, 0.2) is 10.5 Å². The Bertz CT molecular complexity index is 267. The number of hydrogen-bond acceptors (Lipinski definition) is 1. The molecule has 78 valence electrons. The van der Waals surface area contributed by atoms with E-state index in [4.69, 9.17) is 0 Å². The molecule has 1 atom stereocenters. The minimum atomic E-state index is 0.330. The van der Waals surface area contributed by atoms with Gasteiger partial charge in [-0.15, -0.1) is 0 Å². The molecular formula is C12H19OS+. The quantitative estimate of drug-likeness (QED) is 0.610. The predicted molar refractivity (Wildman–Crippen MR) is 62.5 cm³/mol. The minimum absolute atomic E-state index is 0.330. The molecule has 0 saturated heterocycles. The first-order chi connectivity index (χ1) is 6.83. The van der Waals surface area contributed by atoms with Crippen molar-refractivity contribution in [2.75, 3.05) is 11.5 Å². The average Bonchev–Trinajstić information content (AvgIpc) is 2.41. The van der Waals surface area contributed by atoms with Crippen LogP contribution >= 0.6 is 0 Å². The second-order valence-electron chi connectivity index (χ2n) is 4.16. The number of rotatable bonds is 1. The number of carbonyl (C=O) groups excluding carboxylic acids is 1. The van der Waals surface area contributed by atoms with Crippen molar-refractivity contribution in [1.29, 1.82) is 0 Å². The van der Waals surface area contributed by atoms with Crippen molar-refractivity contribution in [3.63, 3.8) is 0 Å². The highest BCUT2D eigenvalue weighted by molar-refractivity contribution is 8.01. The Kier molecular flexibility index (Phi) is 3.32. The SMILES string of the molecule is CC[S+]1CC(=O)C2=C1CCCCCC2. The van der Waals surface area contributed by atoms with Gasteiger partial charge in [0.15, 0.2) is 5.75 Å². The van der Waals surface area contributed by atoms with E-state index < -0.39 is 0 Å². The van der Waals surface area contributed by atoms with Crippen LogP contribution in [-0.2, 0) is 15.7 Å². The zero-order valence-corrected chi connectivity index (χ0v) is 9.79. The third-order valence-corrected chi connectivity index (χ3v) is 5.71. The molecule has 14 heavy (non-hydrogen) atoms. The molecule has 0 bridgehead atoms. The van der Waals surface area contributed by atoms with Gasteiger partial charge in [0.2, 0.25) is 5.78 Å². The van der Waals surface area contributed by atoms with Gasteiger partial charge in [0.1, 0.15) is 10.7 Å². The van der Waals surface area contributed by atoms with E-state index in [0.29, 0.717) is 16.7 Å². The van der Waals surface area contributed by atoms with Gasteiger partial charge in [-0.05, 0) is 26.2 Å². The Balaban J connectivity index is 2.21. The summed E-state index contributed by atoms with van der Waals surface area (Å²) in [6.07, 6.45) is 7.55. The fourth-order valence-electron chi connectivity index (χ4n) is 2.45. The third kappa shape index (κ3) is 1.90. The highest BCUT2D eigenvalue weighted by atomic mass is 32.2. The van der Waals surface area contributed by atoms with E-state index in [1.54, 1.807) is 4.91 Å². The highest BCUT2D eigenvalue weighted by Crippen LogP contribution is 2.34. The zero-order chi connectivity index (χ0) is 9.97. The van der Waals surface area contributed by atoms with Crippen molar-refractivity contribution >= 4 is 16.7 Å². The van der Waals surface area contributed by atoms with Crippen molar-refractivity contribution in [1.82, 2.24) is 0 Å². The van der Waals surface area contributed by atoms with E-state index in [2.05, 4.69) is 6.92 Å². The van der Waals surface area contributed by atoms with Gasteiger partial charge in [-0.1, -0.05) is 12.8 Å². The summed E-state index contributed by atoms with van der Waals surface area (Å²) in [7, 11) is 0.330. The van der Waals surface area contributed by atoms with Crippen LogP contribution in [0.4, 0.5) is 0 Å². The van der Waals surface area contributed by atoms with E-state index in [-0.39, 0.29) is 0 Å². The smallest absolute Gasteiger partial charge is 0.212 e. The maximum absolute atomic E-state index is 11.8. The fourth-order valence-corrected chi connectivity index (χ4v) is 4.67. The van der Waals surface area contributed by atoms with Crippen LogP contribution < -0.4 is 0 Å². The lowest BCUT2D eigenvalue weighted by molar-refractivity contribution is -0.113. The van der Waals surface area contributed by atoms with Gasteiger partial charge in [-0.2, -0.15) is 0 Å². The van der Waals surface area contributed by atoms with E-state index in [1.807, 2.05) is 0 Å². The molecule has 0 aromatic carbocycles. The molecule has 2 rings (SSSR count). The molecule has 1 heterocycles. The summed E-state index contributed by atoms with van der Waals surface area (Å²) in [5.41, 5.74) is 1.25. The van der Waals surface area contributed by atoms with Gasteiger partial charge in [0, 0.05) is 17.3 Å². The first-order valence-corrected chi connectivity index (χ1v) is 7.32. The van der Waals surface area contributed by atoms with Crippen molar-refractivity contribution < 1.29 is 4.79 Å². The van der Waals surface area contributed by atoms with Gasteiger partial charge in [0.25, 0.3) is 0 Å². The fraction of sp³-hybridized carbons (Fsp3) is 0.750. The Hall–Kier alpha value is -0.240. The first-order valence-electron chi connectivity index (χ1n) is 5.75. The summed E-state index contributed by atoms with van der Waals surface area (Å²) in [5, 5.41) is 0. The lowest BCUT2D eigenvalue weighted by atomic mass is 9.98. The molecule has 0 N–H and O–H groups in total. The Morgan fingerprint density at radius 3 is 2.57 bits per heavy atom. The third-order valence-electron chi connectivity index (χ3n) is 3.26. The van der Waals surface area contributed by atoms with Crippen molar-refractivity contribution in [3.8, 4) is 0 Å². The maximum Gasteiger partial charge on any atom is 0.212 e. The van der Waals surface area contributed by atoms with Crippen molar-refractivity contribution in [2.24, 2.45) is 0 Å².